The Balaban J connectivity index is 1.39. The van der Waals surface area contributed by atoms with E-state index in [1.54, 1.807) is 0 Å². The second-order valence-electron chi connectivity index (χ2n) is 10.6. The molecule has 1 saturated heterocycles. The fraction of sp³-hybridized carbons (Fsp3) is 0.375. The third-order valence-electron chi connectivity index (χ3n) is 7.19. The minimum absolute atomic E-state index is 0.0609. The Morgan fingerprint density at radius 3 is 2.46 bits per heavy atom. The molecule has 2 heterocycles. The molecule has 204 valence electrons. The third kappa shape index (κ3) is 5.84. The average Bonchev–Trinajstić information content (AvgIpc) is 3.42. The topological polar surface area (TPSA) is 71.3 Å². The van der Waals surface area contributed by atoms with Gasteiger partial charge in [0, 0.05) is 35.3 Å². The van der Waals surface area contributed by atoms with E-state index in [0.717, 1.165) is 29.7 Å². The number of benzene rings is 3. The molecule has 0 N–H and O–H groups in total. The predicted molar refractivity (Wildman–Crippen MR) is 153 cm³/mol. The smallest absolute Gasteiger partial charge is 0.331 e. The molecule has 39 heavy (non-hydrogen) atoms. The van der Waals surface area contributed by atoms with Gasteiger partial charge in [-0.1, -0.05) is 23.4 Å². The first-order valence-corrected chi connectivity index (χ1v) is 13.4. The zero-order valence-electron chi connectivity index (χ0n) is 23.5. The molecule has 1 fully saturated rings. The molecule has 5 rings (SSSR count). The van der Waals surface area contributed by atoms with Crippen LogP contribution in [-0.2, 0) is 32.1 Å². The summed E-state index contributed by atoms with van der Waals surface area (Å²) in [6.07, 6.45) is 0.760. The number of fused-ring (bicyclic) bond motifs is 3. The molecule has 0 aliphatic carbocycles. The second kappa shape index (κ2) is 10.8. The normalized spacial score (nSPS) is 17.2. The van der Waals surface area contributed by atoms with Gasteiger partial charge in [0.1, 0.15) is 18.5 Å². The summed E-state index contributed by atoms with van der Waals surface area (Å²) in [6, 6.07) is 19.3. The first kappa shape index (κ1) is 26.9. The summed E-state index contributed by atoms with van der Waals surface area (Å²) in [5.41, 5.74) is 7.64. The van der Waals surface area contributed by atoms with Gasteiger partial charge in [0.05, 0.1) is 12.3 Å². The van der Waals surface area contributed by atoms with E-state index >= 15 is 0 Å². The van der Waals surface area contributed by atoms with Crippen LogP contribution in [0.4, 0.5) is 0 Å². The largest absolute Gasteiger partial charge is 0.491 e. The van der Waals surface area contributed by atoms with Crippen molar-refractivity contribution in [3.8, 4) is 5.75 Å². The van der Waals surface area contributed by atoms with Crippen LogP contribution < -0.4 is 4.74 Å². The fourth-order valence-electron chi connectivity index (χ4n) is 5.22. The van der Waals surface area contributed by atoms with Gasteiger partial charge in [-0.15, -0.1) is 0 Å². The predicted octanol–water partition coefficient (Wildman–Crippen LogP) is 6.53. The number of aromatic nitrogens is 1. The fourth-order valence-corrected chi connectivity index (χ4v) is 5.22. The summed E-state index contributed by atoms with van der Waals surface area (Å²) in [5.74, 6) is -0.140. The van der Waals surface area contributed by atoms with Crippen LogP contribution >= 0.6 is 0 Å². The monoisotopic (exact) mass is 528 g/mol. The maximum absolute atomic E-state index is 11.2. The highest BCUT2D eigenvalue weighted by Gasteiger charge is 2.33. The number of carbonyl (C=O) groups is 1. The van der Waals surface area contributed by atoms with Crippen molar-refractivity contribution in [1.82, 2.24) is 4.57 Å². The van der Waals surface area contributed by atoms with Crippen molar-refractivity contribution in [1.29, 1.82) is 0 Å². The van der Waals surface area contributed by atoms with Gasteiger partial charge in [-0.3, -0.25) is 0 Å². The molecular weight excluding hydrogens is 492 g/mol. The standard InChI is InChI=1S/C32H36N2O5/c1-7-34-30-12-8-23(16-28(30)29-17-25(10-13-31(29)34)21(3)33-39-22(4)35)15-24-9-11-26(14-20(24)2)36-18-27-19-37-32(5,6)38-27/h8-14,16-17,27H,7,15,18-19H2,1-6H3. The Hall–Kier alpha value is -3.68. The van der Waals surface area contributed by atoms with Gasteiger partial charge in [-0.05, 0) is 99.7 Å². The van der Waals surface area contributed by atoms with Crippen LogP contribution in [0.5, 0.6) is 5.75 Å². The van der Waals surface area contributed by atoms with Gasteiger partial charge in [0.15, 0.2) is 5.79 Å². The molecule has 1 aliphatic heterocycles. The molecule has 1 atom stereocenters. The highest BCUT2D eigenvalue weighted by Crippen LogP contribution is 2.32. The van der Waals surface area contributed by atoms with Crippen LogP contribution in [0.15, 0.2) is 59.8 Å². The minimum Gasteiger partial charge on any atom is -0.491 e. The van der Waals surface area contributed by atoms with Crippen molar-refractivity contribution < 1.29 is 23.8 Å². The maximum Gasteiger partial charge on any atom is 0.331 e. The van der Waals surface area contributed by atoms with Crippen LogP contribution in [0.25, 0.3) is 21.8 Å². The van der Waals surface area contributed by atoms with Crippen LogP contribution in [0.1, 0.15) is 56.9 Å². The molecule has 0 saturated carbocycles. The van der Waals surface area contributed by atoms with Crippen molar-refractivity contribution in [3.05, 3.63) is 76.9 Å². The highest BCUT2D eigenvalue weighted by molar-refractivity contribution is 6.11. The zero-order chi connectivity index (χ0) is 27.7. The van der Waals surface area contributed by atoms with Crippen LogP contribution in [-0.4, -0.2) is 41.4 Å². The summed E-state index contributed by atoms with van der Waals surface area (Å²) >= 11 is 0. The van der Waals surface area contributed by atoms with E-state index < -0.39 is 11.8 Å². The van der Waals surface area contributed by atoms with Crippen LogP contribution in [0.3, 0.4) is 0 Å². The van der Waals surface area contributed by atoms with Gasteiger partial charge >= 0.3 is 5.97 Å². The lowest BCUT2D eigenvalue weighted by atomic mass is 9.98. The minimum atomic E-state index is -0.545. The molecule has 4 aromatic rings. The van der Waals surface area contributed by atoms with Gasteiger partial charge < -0.3 is 23.6 Å². The summed E-state index contributed by atoms with van der Waals surface area (Å²) in [7, 11) is 0. The first-order chi connectivity index (χ1) is 18.6. The number of ether oxygens (including phenoxy) is 3. The molecule has 7 heteroatoms. The number of oxime groups is 1. The van der Waals surface area contributed by atoms with E-state index in [4.69, 9.17) is 19.0 Å². The number of aryl methyl sites for hydroxylation is 2. The lowest BCUT2D eigenvalue weighted by Crippen LogP contribution is -2.25. The summed E-state index contributed by atoms with van der Waals surface area (Å²) in [4.78, 5) is 16.1. The Bertz CT molecular complexity index is 1570. The first-order valence-electron chi connectivity index (χ1n) is 13.4. The lowest BCUT2D eigenvalue weighted by Gasteiger charge is -2.17. The summed E-state index contributed by atoms with van der Waals surface area (Å²) in [6.45, 7) is 13.2. The second-order valence-corrected chi connectivity index (χ2v) is 10.6. The Morgan fingerprint density at radius 1 is 1.05 bits per heavy atom. The summed E-state index contributed by atoms with van der Waals surface area (Å²) < 4.78 is 19.8. The number of hydrogen-bond acceptors (Lipinski definition) is 6. The quantitative estimate of drug-likeness (QED) is 0.148. The van der Waals surface area contributed by atoms with Crippen molar-refractivity contribution in [2.75, 3.05) is 13.2 Å². The van der Waals surface area contributed by atoms with Gasteiger partial charge in [-0.2, -0.15) is 0 Å². The molecule has 0 spiro atoms. The van der Waals surface area contributed by atoms with E-state index in [-0.39, 0.29) is 6.10 Å². The van der Waals surface area contributed by atoms with E-state index in [2.05, 4.69) is 66.0 Å². The number of hydrogen-bond donors (Lipinski definition) is 0. The third-order valence-corrected chi connectivity index (χ3v) is 7.19. The van der Waals surface area contributed by atoms with Gasteiger partial charge in [0.25, 0.3) is 0 Å². The van der Waals surface area contributed by atoms with Crippen molar-refractivity contribution in [2.24, 2.45) is 5.16 Å². The van der Waals surface area contributed by atoms with E-state index in [0.29, 0.717) is 18.9 Å². The molecule has 0 radical (unpaired) electrons. The van der Waals surface area contributed by atoms with Gasteiger partial charge in [0.2, 0.25) is 0 Å². The SMILES string of the molecule is CCn1c2ccc(Cc3ccc(OCC4COC(C)(C)O4)cc3C)cc2c2cc(C(C)=NOC(C)=O)ccc21. The van der Waals surface area contributed by atoms with Gasteiger partial charge in [-0.25, -0.2) is 4.79 Å². The Labute approximate surface area is 229 Å². The molecular formula is C32H36N2O5. The number of nitrogens with zero attached hydrogens (tertiary/aromatic N) is 2. The Kier molecular flexibility index (Phi) is 7.47. The summed E-state index contributed by atoms with van der Waals surface area (Å²) in [5, 5.41) is 6.33. The van der Waals surface area contributed by atoms with Crippen LogP contribution in [0, 0.1) is 6.92 Å². The number of carbonyl (C=O) groups excluding carboxylic acids is 1. The highest BCUT2D eigenvalue weighted by atomic mass is 16.7. The molecule has 0 amide bonds. The maximum atomic E-state index is 11.2. The Morgan fingerprint density at radius 2 is 1.79 bits per heavy atom. The zero-order valence-corrected chi connectivity index (χ0v) is 23.5. The number of rotatable bonds is 8. The molecule has 1 unspecified atom stereocenters. The molecule has 1 aliphatic rings. The van der Waals surface area contributed by atoms with Crippen molar-refractivity contribution >= 4 is 33.5 Å². The average molecular weight is 529 g/mol. The van der Waals surface area contributed by atoms with E-state index in [1.165, 1.54) is 40.0 Å². The molecule has 3 aromatic carbocycles. The van der Waals surface area contributed by atoms with Crippen LogP contribution in [0.2, 0.25) is 0 Å². The lowest BCUT2D eigenvalue weighted by molar-refractivity contribution is -0.141. The van der Waals surface area contributed by atoms with Crippen molar-refractivity contribution in [2.45, 2.75) is 66.4 Å². The van der Waals surface area contributed by atoms with Crippen molar-refractivity contribution in [3.63, 3.8) is 0 Å². The molecule has 1 aromatic heterocycles. The molecule has 0 bridgehead atoms. The van der Waals surface area contributed by atoms with E-state index in [1.807, 2.05) is 32.9 Å². The molecule has 7 nitrogen and oxygen atoms in total. The van der Waals surface area contributed by atoms with E-state index in [9.17, 15) is 4.79 Å².